The molecule has 5 aromatic carbocycles. The van der Waals surface area contributed by atoms with Gasteiger partial charge in [-0.1, -0.05) is 152 Å². The molecule has 196 valence electrons. The van der Waals surface area contributed by atoms with Crippen LogP contribution in [0.4, 0.5) is 0 Å². The summed E-state index contributed by atoms with van der Waals surface area (Å²) < 4.78 is 14.7. The zero-order chi connectivity index (χ0) is 27.1. The highest BCUT2D eigenvalue weighted by Crippen LogP contribution is 2.29. The maximum atomic E-state index is 7.41. The minimum absolute atomic E-state index is 0.191. The van der Waals surface area contributed by atoms with Crippen LogP contribution in [-0.2, 0) is 8.85 Å². The lowest BCUT2D eigenvalue weighted by atomic mass is 10.1. The van der Waals surface area contributed by atoms with Crippen molar-refractivity contribution in [2.75, 3.05) is 0 Å². The van der Waals surface area contributed by atoms with E-state index in [1.54, 1.807) is 0 Å². The molecular weight excluding hydrogens is 509 g/mol. The molecule has 0 saturated heterocycles. The van der Waals surface area contributed by atoms with Gasteiger partial charge in [-0.05, 0) is 46.3 Å². The van der Waals surface area contributed by atoms with Crippen molar-refractivity contribution >= 4 is 37.4 Å². The Labute approximate surface area is 235 Å². The Balaban J connectivity index is 1.59. The molecule has 0 radical (unpaired) electrons. The Bertz CT molecular complexity index is 1350. The van der Waals surface area contributed by atoms with Crippen molar-refractivity contribution in [3.63, 3.8) is 0 Å². The maximum absolute atomic E-state index is 7.41. The highest BCUT2D eigenvalue weighted by molar-refractivity contribution is 6.97. The van der Waals surface area contributed by atoms with Gasteiger partial charge in [0, 0.05) is 0 Å². The second-order valence-corrected chi connectivity index (χ2v) is 17.2. The van der Waals surface area contributed by atoms with Crippen LogP contribution in [0.25, 0.3) is 0 Å². The normalized spacial score (nSPS) is 13.5. The Kier molecular flexibility index (Phi) is 8.39. The molecule has 0 N–H and O–H groups in total. The third-order valence-electron chi connectivity index (χ3n) is 7.64. The lowest BCUT2D eigenvalue weighted by Crippen LogP contribution is -2.62. The minimum Gasteiger partial charge on any atom is -0.403 e. The first-order valence-corrected chi connectivity index (χ1v) is 18.4. The largest absolute Gasteiger partial charge is 0.403 e. The summed E-state index contributed by atoms with van der Waals surface area (Å²) in [6.07, 6.45) is -0.439. The molecule has 0 aliphatic carbocycles. The van der Waals surface area contributed by atoms with Crippen LogP contribution in [0.3, 0.4) is 0 Å². The third-order valence-corrected chi connectivity index (χ3v) is 14.9. The van der Waals surface area contributed by atoms with Crippen LogP contribution in [0.1, 0.15) is 18.6 Å². The molecule has 0 aliphatic heterocycles. The van der Waals surface area contributed by atoms with E-state index in [0.717, 1.165) is 5.56 Å². The molecule has 5 rings (SSSR count). The number of benzene rings is 5. The SMILES string of the molecule is C[C@@H](O[Si](C)(c1ccccc1)c1ccccc1)[C@H](O[Si](C)(c1ccccc1)c1ccccc1)c1ccccc1. The monoisotopic (exact) mass is 544 g/mol. The van der Waals surface area contributed by atoms with Gasteiger partial charge < -0.3 is 8.85 Å². The first kappa shape index (κ1) is 27.0. The van der Waals surface area contributed by atoms with E-state index in [-0.39, 0.29) is 12.2 Å². The molecule has 0 aliphatic rings. The van der Waals surface area contributed by atoms with Crippen LogP contribution in [0, 0.1) is 0 Å². The van der Waals surface area contributed by atoms with E-state index in [4.69, 9.17) is 8.85 Å². The average Bonchev–Trinajstić information content (AvgIpc) is 3.02. The fourth-order valence-corrected chi connectivity index (χ4v) is 11.6. The quantitative estimate of drug-likeness (QED) is 0.203. The maximum Gasteiger partial charge on any atom is 0.253 e. The van der Waals surface area contributed by atoms with Gasteiger partial charge in [0.2, 0.25) is 0 Å². The highest BCUT2D eigenvalue weighted by Gasteiger charge is 2.42. The van der Waals surface area contributed by atoms with Gasteiger partial charge in [-0.15, -0.1) is 0 Å². The van der Waals surface area contributed by atoms with Gasteiger partial charge in [-0.3, -0.25) is 0 Å². The summed E-state index contributed by atoms with van der Waals surface area (Å²) in [5.74, 6) is 0. The highest BCUT2D eigenvalue weighted by atomic mass is 28.4. The summed E-state index contributed by atoms with van der Waals surface area (Å²) in [7, 11) is -5.17. The van der Waals surface area contributed by atoms with E-state index in [1.165, 1.54) is 20.7 Å². The van der Waals surface area contributed by atoms with Crippen LogP contribution in [0.15, 0.2) is 152 Å². The topological polar surface area (TPSA) is 18.5 Å². The molecule has 0 spiro atoms. The summed E-state index contributed by atoms with van der Waals surface area (Å²) in [5, 5.41) is 4.99. The van der Waals surface area contributed by atoms with Gasteiger partial charge >= 0.3 is 0 Å². The van der Waals surface area contributed by atoms with Crippen molar-refractivity contribution in [3.05, 3.63) is 157 Å². The van der Waals surface area contributed by atoms with Crippen LogP contribution in [-0.4, -0.2) is 22.7 Å². The zero-order valence-corrected chi connectivity index (χ0v) is 24.9. The molecule has 0 aromatic heterocycles. The van der Waals surface area contributed by atoms with Crippen molar-refractivity contribution in [3.8, 4) is 0 Å². The molecule has 39 heavy (non-hydrogen) atoms. The molecule has 0 fully saturated rings. The Morgan fingerprint density at radius 1 is 0.410 bits per heavy atom. The smallest absolute Gasteiger partial charge is 0.253 e. The predicted molar refractivity (Wildman–Crippen MR) is 168 cm³/mol. The molecule has 0 heterocycles. The summed E-state index contributed by atoms with van der Waals surface area (Å²) >= 11 is 0. The second-order valence-electron chi connectivity index (χ2n) is 10.3. The number of hydrogen-bond donors (Lipinski definition) is 0. The van der Waals surface area contributed by atoms with Gasteiger partial charge in [-0.25, -0.2) is 0 Å². The van der Waals surface area contributed by atoms with Crippen molar-refractivity contribution < 1.29 is 8.85 Å². The van der Waals surface area contributed by atoms with E-state index >= 15 is 0 Å². The molecule has 0 saturated carbocycles. The second kappa shape index (κ2) is 12.1. The van der Waals surface area contributed by atoms with E-state index in [9.17, 15) is 0 Å². The van der Waals surface area contributed by atoms with Gasteiger partial charge in [0.1, 0.15) is 0 Å². The van der Waals surface area contributed by atoms with Gasteiger partial charge in [0.05, 0.1) is 12.2 Å². The molecule has 2 nitrogen and oxygen atoms in total. The minimum atomic E-state index is -2.61. The van der Waals surface area contributed by atoms with Crippen molar-refractivity contribution in [1.82, 2.24) is 0 Å². The lowest BCUT2D eigenvalue weighted by Gasteiger charge is -2.39. The molecule has 0 bridgehead atoms. The molecule has 0 amide bonds. The van der Waals surface area contributed by atoms with E-state index in [1.807, 2.05) is 0 Å². The Morgan fingerprint density at radius 3 is 1.03 bits per heavy atom. The number of rotatable bonds is 10. The van der Waals surface area contributed by atoms with Crippen LogP contribution in [0.2, 0.25) is 13.1 Å². The summed E-state index contributed by atoms with van der Waals surface area (Å²) in [6.45, 7) is 6.80. The Morgan fingerprint density at radius 2 is 0.692 bits per heavy atom. The summed E-state index contributed by atoms with van der Waals surface area (Å²) in [4.78, 5) is 0. The van der Waals surface area contributed by atoms with E-state index in [2.05, 4.69) is 172 Å². The molecule has 5 aromatic rings. The predicted octanol–water partition coefficient (Wildman–Crippen LogP) is 5.93. The van der Waals surface area contributed by atoms with Gasteiger partial charge in [-0.2, -0.15) is 0 Å². The van der Waals surface area contributed by atoms with Gasteiger partial charge in [0.25, 0.3) is 16.6 Å². The fourth-order valence-electron chi connectivity index (χ4n) is 5.40. The Hall–Kier alpha value is -3.55. The lowest BCUT2D eigenvalue weighted by molar-refractivity contribution is 0.0599. The zero-order valence-electron chi connectivity index (χ0n) is 22.9. The fraction of sp³-hybridized carbons (Fsp3) is 0.143. The van der Waals surface area contributed by atoms with Crippen LogP contribution in [0.5, 0.6) is 0 Å². The van der Waals surface area contributed by atoms with E-state index in [0.29, 0.717) is 0 Å². The van der Waals surface area contributed by atoms with Crippen molar-refractivity contribution in [1.29, 1.82) is 0 Å². The molecule has 0 unspecified atom stereocenters. The van der Waals surface area contributed by atoms with Crippen molar-refractivity contribution in [2.45, 2.75) is 32.2 Å². The molecule has 2 atom stereocenters. The molecular formula is C35H36O2Si2. The molecule has 4 heteroatoms. The average molecular weight is 545 g/mol. The first-order chi connectivity index (χ1) is 19.0. The van der Waals surface area contributed by atoms with Crippen LogP contribution >= 0.6 is 0 Å². The third kappa shape index (κ3) is 5.90. The number of hydrogen-bond acceptors (Lipinski definition) is 2. The van der Waals surface area contributed by atoms with Crippen LogP contribution < -0.4 is 20.7 Å². The first-order valence-electron chi connectivity index (χ1n) is 13.6. The van der Waals surface area contributed by atoms with E-state index < -0.39 is 16.6 Å². The summed E-state index contributed by atoms with van der Waals surface area (Å²) in [6, 6.07) is 53.4. The summed E-state index contributed by atoms with van der Waals surface area (Å²) in [5.41, 5.74) is 1.13. The van der Waals surface area contributed by atoms with Crippen molar-refractivity contribution in [2.24, 2.45) is 0 Å². The van der Waals surface area contributed by atoms with Gasteiger partial charge in [0.15, 0.2) is 0 Å². The standard InChI is InChI=1S/C35H36O2Si2/c1-29(36-38(2,31-21-11-5-12-22-31)32-23-13-6-14-24-32)35(30-19-9-4-10-20-30)37-39(3,33-25-15-7-16-26-33)34-27-17-8-18-28-34/h4-29,35H,1-3H3/t29-,35+/m1/s1.